The van der Waals surface area contributed by atoms with Gasteiger partial charge in [0.15, 0.2) is 20.4 Å². The molecule has 0 radical (unpaired) electrons. The predicted octanol–water partition coefficient (Wildman–Crippen LogP) is -2.54. The molecular weight excluding hydrogens is 158 g/mol. The van der Waals surface area contributed by atoms with Gasteiger partial charge in [0.1, 0.15) is 0 Å². The van der Waals surface area contributed by atoms with Crippen molar-refractivity contribution in [3.63, 3.8) is 0 Å². The van der Waals surface area contributed by atoms with Gasteiger partial charge in [0.05, 0.1) is 0 Å². The van der Waals surface area contributed by atoms with Crippen molar-refractivity contribution in [3.8, 4) is 0 Å². The Bertz CT molecular complexity index is 81.6. The molecule has 0 aliphatic rings. The standard InChI is InChI=1S/C4H11NO6/c5-4(9-1-6,10-2-7)11-3-8/h6-8H,1-3,5H2. The molecule has 7 heteroatoms. The zero-order valence-corrected chi connectivity index (χ0v) is 5.77. The molecule has 0 saturated carbocycles. The summed E-state index contributed by atoms with van der Waals surface area (Å²) in [5, 5.41) is 24.7. The topological polar surface area (TPSA) is 114 Å². The normalized spacial score (nSPS) is 12.0. The molecule has 5 N–H and O–H groups in total. The summed E-state index contributed by atoms with van der Waals surface area (Å²) < 4.78 is 12.8. The third-order valence-electron chi connectivity index (χ3n) is 0.797. The van der Waals surface area contributed by atoms with Crippen LogP contribution in [0.1, 0.15) is 0 Å². The number of nitrogens with two attached hydrogens (primary N) is 1. The van der Waals surface area contributed by atoms with Crippen molar-refractivity contribution in [2.24, 2.45) is 5.73 Å². The highest BCUT2D eigenvalue weighted by molar-refractivity contribution is 4.38. The van der Waals surface area contributed by atoms with Crippen LogP contribution in [0.2, 0.25) is 0 Å². The maximum Gasteiger partial charge on any atom is 0.354 e. The molecule has 0 aromatic heterocycles. The van der Waals surface area contributed by atoms with E-state index in [-0.39, 0.29) is 0 Å². The van der Waals surface area contributed by atoms with Gasteiger partial charge in [0, 0.05) is 0 Å². The van der Waals surface area contributed by atoms with Gasteiger partial charge < -0.3 is 15.3 Å². The second-order valence-electron chi connectivity index (χ2n) is 1.42. The van der Waals surface area contributed by atoms with Gasteiger partial charge in [-0.15, -0.1) is 0 Å². The van der Waals surface area contributed by atoms with E-state index in [1.165, 1.54) is 0 Å². The van der Waals surface area contributed by atoms with Crippen LogP contribution >= 0.6 is 0 Å². The highest BCUT2D eigenvalue weighted by Gasteiger charge is 2.27. The van der Waals surface area contributed by atoms with E-state index in [1.54, 1.807) is 0 Å². The number of aliphatic hydroxyl groups excluding tert-OH is 3. The molecule has 0 heterocycles. The summed E-state index contributed by atoms with van der Waals surface area (Å²) in [6, 6.07) is 0. The van der Waals surface area contributed by atoms with Crippen LogP contribution in [0.15, 0.2) is 0 Å². The summed E-state index contributed by atoms with van der Waals surface area (Å²) in [5.41, 5.74) is 5.08. The van der Waals surface area contributed by atoms with E-state index in [1.807, 2.05) is 0 Å². The Hall–Kier alpha value is -0.280. The molecule has 0 rings (SSSR count). The highest BCUT2D eigenvalue weighted by Crippen LogP contribution is 2.05. The predicted molar refractivity (Wildman–Crippen MR) is 31.4 cm³/mol. The van der Waals surface area contributed by atoms with E-state index in [0.29, 0.717) is 0 Å². The fraction of sp³-hybridized carbons (Fsp3) is 1.00. The second kappa shape index (κ2) is 5.38. The summed E-state index contributed by atoms with van der Waals surface area (Å²) in [6.07, 6.45) is -2.10. The van der Waals surface area contributed by atoms with Crippen LogP contribution in [-0.2, 0) is 14.2 Å². The number of aliphatic hydroxyl groups is 3. The summed E-state index contributed by atoms with van der Waals surface area (Å²) in [6.45, 7) is -2.26. The SMILES string of the molecule is NC(OCO)(OCO)OCO. The van der Waals surface area contributed by atoms with Gasteiger partial charge in [-0.25, -0.2) is 0 Å². The molecule has 0 amide bonds. The molecule has 0 fully saturated rings. The van der Waals surface area contributed by atoms with Crippen LogP contribution in [-0.4, -0.2) is 41.8 Å². The Labute approximate surface area is 62.9 Å². The first-order valence-corrected chi connectivity index (χ1v) is 2.72. The van der Waals surface area contributed by atoms with E-state index in [0.717, 1.165) is 0 Å². The van der Waals surface area contributed by atoms with Gasteiger partial charge in [0.25, 0.3) is 0 Å². The maximum atomic E-state index is 8.23. The zero-order chi connectivity index (χ0) is 8.74. The molecule has 0 spiro atoms. The highest BCUT2D eigenvalue weighted by atomic mass is 16.9. The van der Waals surface area contributed by atoms with Crippen molar-refractivity contribution < 1.29 is 29.5 Å². The Morgan fingerprint density at radius 1 is 0.909 bits per heavy atom. The molecule has 68 valence electrons. The molecule has 0 aliphatic carbocycles. The van der Waals surface area contributed by atoms with E-state index < -0.39 is 26.5 Å². The van der Waals surface area contributed by atoms with E-state index in [2.05, 4.69) is 14.2 Å². The lowest BCUT2D eigenvalue weighted by atomic mass is 10.9. The largest absolute Gasteiger partial charge is 0.370 e. The molecule has 0 bridgehead atoms. The van der Waals surface area contributed by atoms with Crippen LogP contribution in [0.3, 0.4) is 0 Å². The Balaban J connectivity index is 3.79. The molecule has 0 aromatic rings. The van der Waals surface area contributed by atoms with Crippen molar-refractivity contribution in [3.05, 3.63) is 0 Å². The van der Waals surface area contributed by atoms with Gasteiger partial charge in [-0.2, -0.15) is 0 Å². The molecule has 0 aromatic carbocycles. The van der Waals surface area contributed by atoms with Crippen molar-refractivity contribution in [1.29, 1.82) is 0 Å². The van der Waals surface area contributed by atoms with Gasteiger partial charge >= 0.3 is 6.10 Å². The Kier molecular flexibility index (Phi) is 5.24. The Morgan fingerprint density at radius 2 is 1.18 bits per heavy atom. The second-order valence-corrected chi connectivity index (χ2v) is 1.42. The molecule has 11 heavy (non-hydrogen) atoms. The summed E-state index contributed by atoms with van der Waals surface area (Å²) in [7, 11) is 0. The smallest absolute Gasteiger partial charge is 0.354 e. The lowest BCUT2D eigenvalue weighted by Gasteiger charge is -2.25. The van der Waals surface area contributed by atoms with Crippen LogP contribution < -0.4 is 5.73 Å². The first-order valence-electron chi connectivity index (χ1n) is 2.72. The molecule has 0 unspecified atom stereocenters. The van der Waals surface area contributed by atoms with Gasteiger partial charge in [-0.05, 0) is 0 Å². The van der Waals surface area contributed by atoms with E-state index in [4.69, 9.17) is 21.1 Å². The van der Waals surface area contributed by atoms with Crippen molar-refractivity contribution in [2.75, 3.05) is 20.4 Å². The number of hydrogen-bond donors (Lipinski definition) is 4. The minimum atomic E-state index is -2.10. The quantitative estimate of drug-likeness (QED) is 0.324. The van der Waals surface area contributed by atoms with E-state index >= 15 is 0 Å². The van der Waals surface area contributed by atoms with Crippen molar-refractivity contribution in [1.82, 2.24) is 0 Å². The average molecular weight is 169 g/mol. The third-order valence-corrected chi connectivity index (χ3v) is 0.797. The molecular formula is C4H11NO6. The summed E-state index contributed by atoms with van der Waals surface area (Å²) in [4.78, 5) is 0. The van der Waals surface area contributed by atoms with Gasteiger partial charge in [-0.3, -0.25) is 19.9 Å². The number of ether oxygens (including phenoxy) is 3. The number of rotatable bonds is 6. The minimum absolute atomic E-state index is 0.753. The fourth-order valence-corrected chi connectivity index (χ4v) is 0.395. The molecule has 0 aliphatic heterocycles. The third kappa shape index (κ3) is 4.22. The zero-order valence-electron chi connectivity index (χ0n) is 5.77. The van der Waals surface area contributed by atoms with Crippen LogP contribution in [0.25, 0.3) is 0 Å². The number of hydrogen-bond acceptors (Lipinski definition) is 7. The minimum Gasteiger partial charge on any atom is -0.370 e. The first kappa shape index (κ1) is 10.7. The van der Waals surface area contributed by atoms with Crippen LogP contribution in [0.4, 0.5) is 0 Å². The summed E-state index contributed by atoms with van der Waals surface area (Å²) >= 11 is 0. The first-order chi connectivity index (χ1) is 5.18. The monoisotopic (exact) mass is 169 g/mol. The van der Waals surface area contributed by atoms with Crippen molar-refractivity contribution >= 4 is 0 Å². The molecule has 7 nitrogen and oxygen atoms in total. The fourth-order valence-electron chi connectivity index (χ4n) is 0.395. The molecule has 0 saturated heterocycles. The lowest BCUT2D eigenvalue weighted by Crippen LogP contribution is -2.49. The van der Waals surface area contributed by atoms with Crippen molar-refractivity contribution in [2.45, 2.75) is 6.10 Å². The van der Waals surface area contributed by atoms with Gasteiger partial charge in [0.2, 0.25) is 0 Å². The van der Waals surface area contributed by atoms with Crippen LogP contribution in [0, 0.1) is 0 Å². The molecule has 0 atom stereocenters. The van der Waals surface area contributed by atoms with E-state index in [9.17, 15) is 0 Å². The Morgan fingerprint density at radius 3 is 1.36 bits per heavy atom. The summed E-state index contributed by atoms with van der Waals surface area (Å²) in [5.74, 6) is 0. The average Bonchev–Trinajstić information content (AvgIpc) is 1.88. The van der Waals surface area contributed by atoms with Crippen LogP contribution in [0.5, 0.6) is 0 Å². The maximum absolute atomic E-state index is 8.23. The van der Waals surface area contributed by atoms with Gasteiger partial charge in [-0.1, -0.05) is 0 Å². The lowest BCUT2D eigenvalue weighted by molar-refractivity contribution is -0.416.